The van der Waals surface area contributed by atoms with Crippen molar-refractivity contribution in [2.45, 2.75) is 19.0 Å². The molecule has 1 aromatic heterocycles. The summed E-state index contributed by atoms with van der Waals surface area (Å²) in [6, 6.07) is 11.0. The average molecular weight is 381 g/mol. The van der Waals surface area contributed by atoms with Crippen molar-refractivity contribution < 1.29 is 14.0 Å². The van der Waals surface area contributed by atoms with Gasteiger partial charge in [-0.3, -0.25) is 0 Å². The van der Waals surface area contributed by atoms with Gasteiger partial charge in [0.1, 0.15) is 24.9 Å². The Morgan fingerprint density at radius 3 is 2.76 bits per heavy atom. The molecule has 1 aliphatic rings. The normalized spacial score (nSPS) is 17.7. The van der Waals surface area contributed by atoms with Crippen LogP contribution < -0.4 is 15.5 Å². The molecule has 1 aliphatic heterocycles. The first-order valence-corrected chi connectivity index (χ1v) is 9.71. The number of benzene rings is 1. The van der Waals surface area contributed by atoms with E-state index in [-0.39, 0.29) is 11.9 Å². The summed E-state index contributed by atoms with van der Waals surface area (Å²) in [5.41, 5.74) is 0.649. The number of hydrogen-bond donors (Lipinski definition) is 3. The summed E-state index contributed by atoms with van der Waals surface area (Å²) in [6.07, 6.45) is 0. The van der Waals surface area contributed by atoms with Crippen LogP contribution in [0.3, 0.4) is 0 Å². The van der Waals surface area contributed by atoms with Crippen LogP contribution in [0.25, 0.3) is 0 Å². The zero-order valence-corrected chi connectivity index (χ0v) is 15.8. The molecule has 3 N–H and O–H groups in total. The molecule has 0 spiro atoms. The lowest BCUT2D eigenvalue weighted by Gasteiger charge is -2.35. The van der Waals surface area contributed by atoms with Gasteiger partial charge in [0.05, 0.1) is 24.1 Å². The summed E-state index contributed by atoms with van der Waals surface area (Å²) >= 11 is 7.20. The predicted octanol–water partition coefficient (Wildman–Crippen LogP) is 2.22. The molecule has 1 saturated heterocycles. The maximum atomic E-state index is 13.3. The second kappa shape index (κ2) is 8.71. The molecule has 1 fully saturated rings. The summed E-state index contributed by atoms with van der Waals surface area (Å²) in [5.74, 6) is -0.282. The Morgan fingerprint density at radius 2 is 2.08 bits per heavy atom. The molecule has 134 valence electrons. The van der Waals surface area contributed by atoms with Gasteiger partial charge >= 0.3 is 0 Å². The number of nitrogens with one attached hydrogen (secondary N) is 3. The molecule has 0 bridgehead atoms. The largest absolute Gasteiger partial charge is 0.370 e. The van der Waals surface area contributed by atoms with Gasteiger partial charge in [-0.2, -0.15) is 0 Å². The van der Waals surface area contributed by atoms with Crippen molar-refractivity contribution in [3.05, 3.63) is 52.5 Å². The van der Waals surface area contributed by atoms with E-state index in [1.807, 2.05) is 0 Å². The van der Waals surface area contributed by atoms with Crippen molar-refractivity contribution in [3.63, 3.8) is 0 Å². The van der Waals surface area contributed by atoms with Gasteiger partial charge in [0, 0.05) is 5.69 Å². The third-order valence-electron chi connectivity index (χ3n) is 4.37. The summed E-state index contributed by atoms with van der Waals surface area (Å²) < 4.78 is 18.8. The van der Waals surface area contributed by atoms with Crippen molar-refractivity contribution in [1.29, 1.82) is 0 Å². The first-order chi connectivity index (χ1) is 12.1. The minimum absolute atomic E-state index is 0.139. The lowest BCUT2D eigenvalue weighted by Crippen LogP contribution is -3.15. The Balaban J connectivity index is 1.67. The van der Waals surface area contributed by atoms with Crippen molar-refractivity contribution in [3.8, 4) is 0 Å². The van der Waals surface area contributed by atoms with Gasteiger partial charge in [0.2, 0.25) is 0 Å². The van der Waals surface area contributed by atoms with Gasteiger partial charge < -0.3 is 20.3 Å². The fraction of sp³-hybridized carbons (Fsp3) is 0.389. The van der Waals surface area contributed by atoms with Crippen LogP contribution in [0.1, 0.15) is 17.8 Å². The van der Waals surface area contributed by atoms with Gasteiger partial charge in [-0.25, -0.2) is 4.39 Å². The fourth-order valence-electron chi connectivity index (χ4n) is 3.24. The van der Waals surface area contributed by atoms with Crippen LogP contribution in [0.15, 0.2) is 41.8 Å². The van der Waals surface area contributed by atoms with E-state index < -0.39 is 0 Å². The third kappa shape index (κ3) is 4.98. The van der Waals surface area contributed by atoms with Crippen LogP contribution in [0.4, 0.5) is 10.1 Å². The van der Waals surface area contributed by atoms with Gasteiger partial charge in [-0.15, -0.1) is 11.3 Å². The van der Waals surface area contributed by atoms with Crippen LogP contribution in [0.2, 0.25) is 0 Å². The number of rotatable bonds is 5. The Bertz CT molecular complexity index is 689. The molecule has 0 aliphatic carbocycles. The Hall–Kier alpha value is -1.54. The summed E-state index contributed by atoms with van der Waals surface area (Å²) in [7, 11) is 0. The van der Waals surface area contributed by atoms with E-state index in [0.717, 1.165) is 26.3 Å². The van der Waals surface area contributed by atoms with Crippen LogP contribution in [0.5, 0.6) is 0 Å². The monoisotopic (exact) mass is 380 g/mol. The van der Waals surface area contributed by atoms with E-state index in [4.69, 9.17) is 17.0 Å². The highest BCUT2D eigenvalue weighted by atomic mass is 32.1. The number of hydrogen-bond acceptors (Lipinski definition) is 3. The molecule has 0 radical (unpaired) electrons. The SMILES string of the molecule is C[C@H](NC(=S)Nc1cccc(F)c1)[C@H](c1cccs1)[NH+]1CCOCC1. The smallest absolute Gasteiger partial charge is 0.171 e. The lowest BCUT2D eigenvalue weighted by molar-refractivity contribution is -0.939. The molecule has 1 aromatic carbocycles. The summed E-state index contributed by atoms with van der Waals surface area (Å²) in [6.45, 7) is 5.69. The van der Waals surface area contributed by atoms with Crippen LogP contribution in [0, 0.1) is 5.82 Å². The molecule has 0 unspecified atom stereocenters. The highest BCUT2D eigenvalue weighted by Crippen LogP contribution is 2.20. The summed E-state index contributed by atoms with van der Waals surface area (Å²) in [4.78, 5) is 2.84. The number of morpholine rings is 1. The number of ether oxygens (including phenoxy) is 1. The molecule has 0 amide bonds. The standard InChI is InChI=1S/C18H22FN3OS2/c1-13(20-18(24)21-15-5-2-4-14(19)12-15)17(16-6-3-11-25-16)22-7-9-23-10-8-22/h2-6,11-13,17H,7-10H2,1H3,(H2,20,21,24)/p+1/t13-,17+/m0/s1. The Morgan fingerprint density at radius 1 is 1.28 bits per heavy atom. The lowest BCUT2D eigenvalue weighted by atomic mass is 10.1. The van der Waals surface area contributed by atoms with Gasteiger partial charge in [-0.1, -0.05) is 12.1 Å². The van der Waals surface area contributed by atoms with Crippen LogP contribution in [-0.4, -0.2) is 37.5 Å². The maximum Gasteiger partial charge on any atom is 0.171 e. The van der Waals surface area contributed by atoms with Crippen molar-refractivity contribution in [2.75, 3.05) is 31.6 Å². The topological polar surface area (TPSA) is 37.7 Å². The fourth-order valence-corrected chi connectivity index (χ4v) is 4.53. The number of halogens is 1. The van der Waals surface area contributed by atoms with Crippen molar-refractivity contribution >= 4 is 34.4 Å². The average Bonchev–Trinajstić information content (AvgIpc) is 3.10. The number of anilines is 1. The molecule has 4 nitrogen and oxygen atoms in total. The van der Waals surface area contributed by atoms with E-state index in [0.29, 0.717) is 16.8 Å². The zero-order chi connectivity index (χ0) is 17.6. The molecular formula is C18H23FN3OS2+. The predicted molar refractivity (Wildman–Crippen MR) is 104 cm³/mol. The first kappa shape index (κ1) is 18.3. The highest BCUT2D eigenvalue weighted by molar-refractivity contribution is 7.80. The second-order valence-electron chi connectivity index (χ2n) is 6.16. The van der Waals surface area contributed by atoms with E-state index in [1.165, 1.54) is 21.9 Å². The highest BCUT2D eigenvalue weighted by Gasteiger charge is 2.32. The zero-order valence-electron chi connectivity index (χ0n) is 14.1. The molecule has 0 saturated carbocycles. The quantitative estimate of drug-likeness (QED) is 0.696. The van der Waals surface area contributed by atoms with Crippen LogP contribution >= 0.6 is 23.6 Å². The second-order valence-corrected chi connectivity index (χ2v) is 7.55. The van der Waals surface area contributed by atoms with Crippen molar-refractivity contribution in [2.24, 2.45) is 0 Å². The molecule has 25 heavy (non-hydrogen) atoms. The first-order valence-electron chi connectivity index (χ1n) is 8.42. The van der Waals surface area contributed by atoms with E-state index >= 15 is 0 Å². The molecule has 2 aromatic rings. The number of thiophene rings is 1. The van der Waals surface area contributed by atoms with E-state index in [1.54, 1.807) is 23.5 Å². The minimum atomic E-state index is -0.282. The van der Waals surface area contributed by atoms with Gasteiger partial charge in [-0.05, 0) is 48.8 Å². The molecule has 2 atom stereocenters. The molecule has 2 heterocycles. The summed E-state index contributed by atoms with van der Waals surface area (Å²) in [5, 5.41) is 9.06. The Labute approximate surface area is 157 Å². The molecule has 3 rings (SSSR count). The Kier molecular flexibility index (Phi) is 6.36. The minimum Gasteiger partial charge on any atom is -0.370 e. The number of quaternary nitrogens is 1. The maximum absolute atomic E-state index is 13.3. The van der Waals surface area contributed by atoms with Crippen LogP contribution in [-0.2, 0) is 4.74 Å². The van der Waals surface area contributed by atoms with Gasteiger partial charge in [0.25, 0.3) is 0 Å². The van der Waals surface area contributed by atoms with E-state index in [2.05, 4.69) is 35.1 Å². The van der Waals surface area contributed by atoms with E-state index in [9.17, 15) is 4.39 Å². The molecular weight excluding hydrogens is 357 g/mol. The van der Waals surface area contributed by atoms with Crippen molar-refractivity contribution in [1.82, 2.24) is 5.32 Å². The van der Waals surface area contributed by atoms with Gasteiger partial charge in [0.15, 0.2) is 5.11 Å². The molecule has 7 heteroatoms. The number of thiocarbonyl (C=S) groups is 1. The third-order valence-corrected chi connectivity index (χ3v) is 5.54.